The summed E-state index contributed by atoms with van der Waals surface area (Å²) in [4.78, 5) is 11.9. The smallest absolute Gasteiger partial charge is 0.406 e. The summed E-state index contributed by atoms with van der Waals surface area (Å²) >= 11 is 0. The maximum Gasteiger partial charge on any atom is 0.573 e. The molecule has 1 fully saturated rings. The van der Waals surface area contributed by atoms with Crippen molar-refractivity contribution in [2.45, 2.75) is 51.2 Å². The third-order valence-corrected chi connectivity index (χ3v) is 4.25. The molecule has 1 atom stereocenters. The van der Waals surface area contributed by atoms with Gasteiger partial charge in [-0.2, -0.15) is 13.2 Å². The van der Waals surface area contributed by atoms with E-state index in [1.54, 1.807) is 0 Å². The summed E-state index contributed by atoms with van der Waals surface area (Å²) in [6, 6.07) is 4.40. The van der Waals surface area contributed by atoms with Crippen molar-refractivity contribution < 1.29 is 35.9 Å². The third kappa shape index (κ3) is 5.27. The van der Waals surface area contributed by atoms with Gasteiger partial charge in [-0.15, -0.1) is 13.2 Å². The van der Waals surface area contributed by atoms with Crippen LogP contribution in [0, 0.1) is 5.41 Å². The molecule has 0 spiro atoms. The van der Waals surface area contributed by atoms with Crippen molar-refractivity contribution in [3.05, 3.63) is 29.8 Å². The van der Waals surface area contributed by atoms with Crippen LogP contribution in [0.25, 0.3) is 0 Å². The summed E-state index contributed by atoms with van der Waals surface area (Å²) < 4.78 is 78.9. The quantitative estimate of drug-likeness (QED) is 0.726. The van der Waals surface area contributed by atoms with E-state index in [9.17, 15) is 31.1 Å². The minimum atomic E-state index is -4.83. The number of carbonyl (C=O) groups is 1. The Labute approximate surface area is 140 Å². The summed E-state index contributed by atoms with van der Waals surface area (Å²) in [6.45, 7) is 1.53. The molecule has 1 aromatic rings. The van der Waals surface area contributed by atoms with E-state index < -0.39 is 35.7 Å². The van der Waals surface area contributed by atoms with Crippen LogP contribution in [-0.2, 0) is 4.79 Å². The molecule has 9 heteroatoms. The molecule has 2 rings (SSSR count). The molecular formula is C16H17F6NO2. The molecule has 1 unspecified atom stereocenters. The van der Waals surface area contributed by atoms with E-state index in [2.05, 4.69) is 10.1 Å². The Hall–Kier alpha value is -1.93. The number of hydrogen-bond acceptors (Lipinski definition) is 2. The van der Waals surface area contributed by atoms with E-state index in [-0.39, 0.29) is 25.7 Å². The third-order valence-electron chi connectivity index (χ3n) is 4.25. The van der Waals surface area contributed by atoms with Gasteiger partial charge in [0.05, 0.1) is 11.5 Å². The van der Waals surface area contributed by atoms with Gasteiger partial charge in [-0.3, -0.25) is 4.79 Å². The molecule has 0 bridgehead atoms. The number of rotatable bonds is 6. The summed E-state index contributed by atoms with van der Waals surface area (Å²) in [5.74, 6) is -1.01. The first-order valence-corrected chi connectivity index (χ1v) is 7.64. The van der Waals surface area contributed by atoms with Gasteiger partial charge < -0.3 is 10.1 Å². The van der Waals surface area contributed by atoms with Crippen molar-refractivity contribution in [3.63, 3.8) is 0 Å². The fourth-order valence-electron chi connectivity index (χ4n) is 2.56. The molecular weight excluding hydrogens is 352 g/mol. The van der Waals surface area contributed by atoms with Gasteiger partial charge in [0.25, 0.3) is 0 Å². The molecule has 1 saturated carbocycles. The highest BCUT2D eigenvalue weighted by Crippen LogP contribution is 2.60. The fraction of sp³-hybridized carbons (Fsp3) is 0.562. The molecule has 1 aliphatic rings. The number of carbonyl (C=O) groups excluding carboxylic acids is 1. The van der Waals surface area contributed by atoms with Gasteiger partial charge in [-0.25, -0.2) is 0 Å². The van der Waals surface area contributed by atoms with Crippen LogP contribution in [0.4, 0.5) is 26.3 Å². The molecule has 1 aliphatic carbocycles. The Balaban J connectivity index is 1.90. The molecule has 140 valence electrons. The number of hydrogen-bond donors (Lipinski definition) is 1. The number of benzene rings is 1. The van der Waals surface area contributed by atoms with E-state index in [4.69, 9.17) is 0 Å². The maximum absolute atomic E-state index is 12.8. The normalized spacial score (nSPS) is 17.7. The first-order valence-electron chi connectivity index (χ1n) is 7.64. The van der Waals surface area contributed by atoms with Crippen LogP contribution in [0.3, 0.4) is 0 Å². The van der Waals surface area contributed by atoms with Crippen molar-refractivity contribution >= 4 is 5.91 Å². The predicted molar refractivity (Wildman–Crippen MR) is 76.6 cm³/mol. The Morgan fingerprint density at radius 3 is 2.40 bits per heavy atom. The number of alkyl halides is 6. The van der Waals surface area contributed by atoms with E-state index in [1.165, 1.54) is 19.1 Å². The van der Waals surface area contributed by atoms with Crippen LogP contribution in [-0.4, -0.2) is 18.4 Å². The lowest BCUT2D eigenvalue weighted by molar-refractivity contribution is -0.274. The second kappa shape index (κ2) is 6.76. The fourth-order valence-corrected chi connectivity index (χ4v) is 2.56. The molecule has 0 saturated heterocycles. The van der Waals surface area contributed by atoms with Crippen molar-refractivity contribution in [2.75, 3.05) is 0 Å². The summed E-state index contributed by atoms with van der Waals surface area (Å²) in [5, 5.41) is 2.49. The lowest BCUT2D eigenvalue weighted by Gasteiger charge is -2.20. The molecule has 0 aromatic heterocycles. The maximum atomic E-state index is 12.8. The zero-order chi connectivity index (χ0) is 18.9. The minimum Gasteiger partial charge on any atom is -0.406 e. The second-order valence-electron chi connectivity index (χ2n) is 6.19. The Kier molecular flexibility index (Phi) is 5.24. The van der Waals surface area contributed by atoms with Gasteiger partial charge in [-0.05, 0) is 43.9 Å². The lowest BCUT2D eigenvalue weighted by atomic mass is 9.99. The molecule has 0 radical (unpaired) electrons. The average molecular weight is 369 g/mol. The van der Waals surface area contributed by atoms with E-state index in [1.807, 2.05) is 0 Å². The van der Waals surface area contributed by atoms with E-state index in [0.29, 0.717) is 5.56 Å². The lowest BCUT2D eigenvalue weighted by Crippen LogP contribution is -2.30. The first-order chi connectivity index (χ1) is 11.4. The molecule has 1 amide bonds. The van der Waals surface area contributed by atoms with Crippen molar-refractivity contribution in [1.82, 2.24) is 5.32 Å². The number of nitrogens with one attached hydrogen (secondary N) is 1. The first kappa shape index (κ1) is 19.4. The van der Waals surface area contributed by atoms with Crippen molar-refractivity contribution in [3.8, 4) is 5.75 Å². The van der Waals surface area contributed by atoms with Crippen LogP contribution >= 0.6 is 0 Å². The highest BCUT2D eigenvalue weighted by atomic mass is 19.4. The number of ether oxygens (including phenoxy) is 1. The predicted octanol–water partition coefficient (Wildman–Crippen LogP) is 4.89. The standard InChI is InChI=1S/C16H17F6NO2/c1-10(11-3-2-4-12(9-11)25-16(20,21)22)23-13(24)5-6-14(7-8-14)15(17,18)19/h2-4,9-10H,5-8H2,1H3,(H,23,24). The summed E-state index contributed by atoms with van der Waals surface area (Å²) in [5.41, 5.74) is -1.40. The van der Waals surface area contributed by atoms with E-state index in [0.717, 1.165) is 12.1 Å². The van der Waals surface area contributed by atoms with Gasteiger partial charge in [0.15, 0.2) is 0 Å². The Bertz CT molecular complexity index is 622. The monoisotopic (exact) mass is 369 g/mol. The van der Waals surface area contributed by atoms with Gasteiger partial charge in [-0.1, -0.05) is 12.1 Å². The second-order valence-corrected chi connectivity index (χ2v) is 6.19. The zero-order valence-electron chi connectivity index (χ0n) is 13.3. The van der Waals surface area contributed by atoms with Gasteiger partial charge in [0.1, 0.15) is 5.75 Å². The van der Waals surface area contributed by atoms with Gasteiger partial charge in [0.2, 0.25) is 5.91 Å². The zero-order valence-corrected chi connectivity index (χ0v) is 13.3. The average Bonchev–Trinajstić information content (AvgIpc) is 3.24. The number of amides is 1. The molecule has 3 nitrogen and oxygen atoms in total. The van der Waals surface area contributed by atoms with Gasteiger partial charge >= 0.3 is 12.5 Å². The summed E-state index contributed by atoms with van der Waals surface area (Å²) in [6.07, 6.45) is -9.68. The van der Waals surface area contributed by atoms with Crippen LogP contribution in [0.1, 0.15) is 44.2 Å². The summed E-state index contributed by atoms with van der Waals surface area (Å²) in [7, 11) is 0. The molecule has 25 heavy (non-hydrogen) atoms. The highest BCUT2D eigenvalue weighted by Gasteiger charge is 2.62. The highest BCUT2D eigenvalue weighted by molar-refractivity contribution is 5.76. The SMILES string of the molecule is CC(NC(=O)CCC1(C(F)(F)F)CC1)c1cccc(OC(F)(F)F)c1. The Morgan fingerprint density at radius 2 is 1.88 bits per heavy atom. The minimum absolute atomic E-state index is 0.0240. The van der Waals surface area contributed by atoms with Crippen LogP contribution < -0.4 is 10.1 Å². The molecule has 1 aromatic carbocycles. The van der Waals surface area contributed by atoms with Crippen molar-refractivity contribution in [2.24, 2.45) is 5.41 Å². The molecule has 0 heterocycles. The van der Waals surface area contributed by atoms with Gasteiger partial charge in [0, 0.05) is 6.42 Å². The number of halogens is 6. The largest absolute Gasteiger partial charge is 0.573 e. The van der Waals surface area contributed by atoms with E-state index >= 15 is 0 Å². The van der Waals surface area contributed by atoms with Crippen LogP contribution in [0.2, 0.25) is 0 Å². The van der Waals surface area contributed by atoms with Crippen LogP contribution in [0.15, 0.2) is 24.3 Å². The Morgan fingerprint density at radius 1 is 1.24 bits per heavy atom. The van der Waals surface area contributed by atoms with Crippen molar-refractivity contribution in [1.29, 1.82) is 0 Å². The molecule has 0 aliphatic heterocycles. The molecule has 1 N–H and O–H groups in total. The topological polar surface area (TPSA) is 38.3 Å². The van der Waals surface area contributed by atoms with Crippen LogP contribution in [0.5, 0.6) is 5.75 Å².